The lowest BCUT2D eigenvalue weighted by Gasteiger charge is -2.15. The first-order valence-electron chi connectivity index (χ1n) is 6.18. The van der Waals surface area contributed by atoms with Gasteiger partial charge in [-0.05, 0) is 31.9 Å². The number of hydrogen-bond donors (Lipinski definition) is 0. The summed E-state index contributed by atoms with van der Waals surface area (Å²) in [6.45, 7) is 6.67. The van der Waals surface area contributed by atoms with Crippen LogP contribution in [-0.4, -0.2) is 14.5 Å². The van der Waals surface area contributed by atoms with E-state index in [-0.39, 0.29) is 5.56 Å². The summed E-state index contributed by atoms with van der Waals surface area (Å²) in [7, 11) is 0. The van der Waals surface area contributed by atoms with Crippen molar-refractivity contribution in [3.8, 4) is 11.3 Å². The van der Waals surface area contributed by atoms with Gasteiger partial charge in [0, 0.05) is 30.1 Å². The zero-order valence-corrected chi connectivity index (χ0v) is 11.0. The summed E-state index contributed by atoms with van der Waals surface area (Å²) in [4.78, 5) is 20.2. The average Bonchev–Trinajstić information content (AvgIpc) is 2.39. The second kappa shape index (κ2) is 5.12. The molecule has 0 amide bonds. The van der Waals surface area contributed by atoms with E-state index in [1.165, 1.54) is 6.33 Å². The van der Waals surface area contributed by atoms with Gasteiger partial charge in [0.2, 0.25) is 0 Å². The molecule has 0 aliphatic heterocycles. The summed E-state index contributed by atoms with van der Waals surface area (Å²) in [5.41, 5.74) is 4.01. The van der Waals surface area contributed by atoms with E-state index in [2.05, 4.69) is 16.9 Å². The zero-order chi connectivity index (χ0) is 13.1. The molecule has 2 aromatic rings. The summed E-state index contributed by atoms with van der Waals surface area (Å²) in [6.07, 6.45) is 4.08. The molecule has 0 radical (unpaired) electrons. The Morgan fingerprint density at radius 3 is 2.67 bits per heavy atom. The highest BCUT2D eigenvalue weighted by molar-refractivity contribution is 5.65. The lowest BCUT2D eigenvalue weighted by molar-refractivity contribution is 0.698. The molecule has 4 nitrogen and oxygen atoms in total. The van der Waals surface area contributed by atoms with Gasteiger partial charge in [0.1, 0.15) is 6.33 Å². The lowest BCUT2D eigenvalue weighted by Crippen LogP contribution is -2.22. The van der Waals surface area contributed by atoms with Crippen LogP contribution in [0.1, 0.15) is 25.1 Å². The Kier molecular flexibility index (Phi) is 3.55. The van der Waals surface area contributed by atoms with Crippen molar-refractivity contribution in [2.75, 3.05) is 0 Å². The fraction of sp³-hybridized carbons (Fsp3) is 0.357. The van der Waals surface area contributed by atoms with E-state index < -0.39 is 0 Å². The molecule has 94 valence electrons. The normalized spacial score (nSPS) is 10.6. The first kappa shape index (κ1) is 12.5. The topological polar surface area (TPSA) is 47.8 Å². The Hall–Kier alpha value is -1.97. The number of hydrogen-bond acceptors (Lipinski definition) is 3. The van der Waals surface area contributed by atoms with Crippen molar-refractivity contribution in [3.63, 3.8) is 0 Å². The minimum atomic E-state index is 0.0599. The molecule has 0 N–H and O–H groups in total. The van der Waals surface area contributed by atoms with Crippen LogP contribution in [-0.2, 0) is 13.0 Å². The maximum Gasteiger partial charge on any atom is 0.251 e. The smallest absolute Gasteiger partial charge is 0.251 e. The van der Waals surface area contributed by atoms with E-state index in [0.717, 1.165) is 28.9 Å². The number of nitrogens with zero attached hydrogens (tertiary/aromatic N) is 3. The molecule has 2 rings (SSSR count). The summed E-state index contributed by atoms with van der Waals surface area (Å²) < 4.78 is 1.77. The van der Waals surface area contributed by atoms with Gasteiger partial charge in [-0.1, -0.05) is 6.92 Å². The van der Waals surface area contributed by atoms with Crippen LogP contribution >= 0.6 is 0 Å². The van der Waals surface area contributed by atoms with Gasteiger partial charge in [-0.2, -0.15) is 0 Å². The van der Waals surface area contributed by atoms with Gasteiger partial charge in [-0.15, -0.1) is 0 Å². The van der Waals surface area contributed by atoms with Crippen LogP contribution < -0.4 is 5.56 Å². The Morgan fingerprint density at radius 2 is 2.11 bits per heavy atom. The molecule has 0 aliphatic carbocycles. The standard InChI is InChI=1S/C14H17N3O/c1-4-11-8-13(18)17(5-2)10(3)14(11)12-6-7-15-9-16-12/h6-9H,4-5H2,1-3H3. The second-order valence-corrected chi connectivity index (χ2v) is 4.16. The summed E-state index contributed by atoms with van der Waals surface area (Å²) in [5, 5.41) is 0. The Morgan fingerprint density at radius 1 is 1.33 bits per heavy atom. The molecular formula is C14H17N3O. The molecule has 2 heterocycles. The Labute approximate surface area is 106 Å². The number of aryl methyl sites for hydroxylation is 1. The van der Waals surface area contributed by atoms with Gasteiger partial charge >= 0.3 is 0 Å². The molecule has 0 saturated heterocycles. The van der Waals surface area contributed by atoms with E-state index in [0.29, 0.717) is 6.54 Å². The van der Waals surface area contributed by atoms with Crippen LogP contribution in [0.5, 0.6) is 0 Å². The molecule has 0 bridgehead atoms. The third-order valence-electron chi connectivity index (χ3n) is 3.19. The summed E-state index contributed by atoms with van der Waals surface area (Å²) in [6, 6.07) is 3.60. The van der Waals surface area contributed by atoms with Crippen molar-refractivity contribution in [2.45, 2.75) is 33.7 Å². The monoisotopic (exact) mass is 243 g/mol. The van der Waals surface area contributed by atoms with E-state index in [9.17, 15) is 4.79 Å². The first-order valence-corrected chi connectivity index (χ1v) is 6.18. The van der Waals surface area contributed by atoms with Crippen LogP contribution in [0.4, 0.5) is 0 Å². The minimum Gasteiger partial charge on any atom is -0.313 e. The highest BCUT2D eigenvalue weighted by atomic mass is 16.1. The predicted octanol–water partition coefficient (Wildman–Crippen LogP) is 2.20. The minimum absolute atomic E-state index is 0.0599. The van der Waals surface area contributed by atoms with Gasteiger partial charge in [0.25, 0.3) is 5.56 Å². The molecule has 0 fully saturated rings. The Bertz CT molecular complexity index is 602. The zero-order valence-electron chi connectivity index (χ0n) is 11.0. The SMILES string of the molecule is CCc1cc(=O)n(CC)c(C)c1-c1ccncn1. The van der Waals surface area contributed by atoms with Gasteiger partial charge in [0.05, 0.1) is 5.69 Å². The molecule has 0 spiro atoms. The lowest BCUT2D eigenvalue weighted by atomic mass is 10.0. The van der Waals surface area contributed by atoms with E-state index in [1.807, 2.05) is 19.9 Å². The molecule has 4 heteroatoms. The second-order valence-electron chi connectivity index (χ2n) is 4.16. The molecule has 0 saturated carbocycles. The summed E-state index contributed by atoms with van der Waals surface area (Å²) in [5.74, 6) is 0. The van der Waals surface area contributed by atoms with E-state index in [4.69, 9.17) is 0 Å². The summed E-state index contributed by atoms with van der Waals surface area (Å²) >= 11 is 0. The molecule has 0 aliphatic rings. The third-order valence-corrected chi connectivity index (χ3v) is 3.19. The molecular weight excluding hydrogens is 226 g/mol. The van der Waals surface area contributed by atoms with Crippen LogP contribution in [0.2, 0.25) is 0 Å². The van der Waals surface area contributed by atoms with Crippen molar-refractivity contribution in [1.29, 1.82) is 0 Å². The van der Waals surface area contributed by atoms with Crippen LogP contribution in [0.15, 0.2) is 29.5 Å². The molecule has 0 atom stereocenters. The van der Waals surface area contributed by atoms with Crippen molar-refractivity contribution in [1.82, 2.24) is 14.5 Å². The predicted molar refractivity (Wildman–Crippen MR) is 71.5 cm³/mol. The van der Waals surface area contributed by atoms with Crippen molar-refractivity contribution < 1.29 is 0 Å². The highest BCUT2D eigenvalue weighted by Crippen LogP contribution is 2.24. The van der Waals surface area contributed by atoms with Crippen molar-refractivity contribution >= 4 is 0 Å². The first-order chi connectivity index (χ1) is 8.69. The third kappa shape index (κ3) is 2.06. The number of pyridine rings is 1. The number of rotatable bonds is 3. The van der Waals surface area contributed by atoms with Crippen LogP contribution in [0.3, 0.4) is 0 Å². The molecule has 18 heavy (non-hydrogen) atoms. The van der Waals surface area contributed by atoms with Crippen molar-refractivity contribution in [3.05, 3.63) is 46.3 Å². The Balaban J connectivity index is 2.77. The van der Waals surface area contributed by atoms with Gasteiger partial charge in [-0.25, -0.2) is 9.97 Å². The average molecular weight is 243 g/mol. The van der Waals surface area contributed by atoms with Crippen LogP contribution in [0, 0.1) is 6.92 Å². The largest absolute Gasteiger partial charge is 0.313 e. The van der Waals surface area contributed by atoms with Gasteiger partial charge in [0.15, 0.2) is 0 Å². The maximum atomic E-state index is 12.0. The fourth-order valence-electron chi connectivity index (χ4n) is 2.29. The fourth-order valence-corrected chi connectivity index (χ4v) is 2.29. The van der Waals surface area contributed by atoms with Crippen LogP contribution in [0.25, 0.3) is 11.3 Å². The molecule has 2 aromatic heterocycles. The molecule has 0 aromatic carbocycles. The quantitative estimate of drug-likeness (QED) is 0.830. The maximum absolute atomic E-state index is 12.0. The van der Waals surface area contributed by atoms with Gasteiger partial charge < -0.3 is 4.57 Å². The van der Waals surface area contributed by atoms with Gasteiger partial charge in [-0.3, -0.25) is 4.79 Å². The molecule has 0 unspecified atom stereocenters. The van der Waals surface area contributed by atoms with Crippen molar-refractivity contribution in [2.24, 2.45) is 0 Å². The highest BCUT2D eigenvalue weighted by Gasteiger charge is 2.13. The van der Waals surface area contributed by atoms with E-state index >= 15 is 0 Å². The number of aromatic nitrogens is 3. The van der Waals surface area contributed by atoms with E-state index in [1.54, 1.807) is 16.8 Å².